The number of carbonyl (C=O) groups is 4. The molecule has 2 aromatic rings. The number of β-lactam (4-membered cyclic amide) rings is 1. The van der Waals surface area contributed by atoms with E-state index in [4.69, 9.17) is 15.2 Å². The number of benzene rings is 2. The maximum Gasteiger partial charge on any atom is 0.409 e. The Morgan fingerprint density at radius 1 is 1.11 bits per heavy atom. The predicted molar refractivity (Wildman–Crippen MR) is 118 cm³/mol. The molecule has 12 heteroatoms. The molecule has 2 aromatic carbocycles. The van der Waals surface area contributed by atoms with Crippen molar-refractivity contribution in [2.24, 2.45) is 11.7 Å². The van der Waals surface area contributed by atoms with Gasteiger partial charge in [-0.25, -0.2) is 14.4 Å². The highest BCUT2D eigenvalue weighted by molar-refractivity contribution is 6.10. The van der Waals surface area contributed by atoms with Crippen molar-refractivity contribution in [1.29, 1.82) is 0 Å². The van der Waals surface area contributed by atoms with Gasteiger partial charge < -0.3 is 25.2 Å². The zero-order valence-electron chi connectivity index (χ0n) is 18.2. The van der Waals surface area contributed by atoms with E-state index in [0.717, 1.165) is 24.3 Å². The van der Waals surface area contributed by atoms with Gasteiger partial charge in [-0.2, -0.15) is 0 Å². The second kappa shape index (κ2) is 8.99. The molecule has 0 saturated carbocycles. The number of fused-ring (bicyclic) bond motifs is 1. The van der Waals surface area contributed by atoms with Gasteiger partial charge in [-0.15, -0.1) is 0 Å². The molecule has 0 bridgehead atoms. The van der Waals surface area contributed by atoms with Crippen LogP contribution in [0.4, 0.5) is 10.5 Å². The number of esters is 2. The van der Waals surface area contributed by atoms with Gasteiger partial charge in [-0.3, -0.25) is 14.9 Å². The zero-order valence-corrected chi connectivity index (χ0v) is 18.2. The van der Waals surface area contributed by atoms with Crippen LogP contribution in [0.15, 0.2) is 54.2 Å². The smallest absolute Gasteiger partial charge is 0.409 e. The molecule has 0 radical (unpaired) electrons. The standard InChI is InChI=1S/C23H19N3O9/c1-11(27)18-17-10-16(12-4-8-15(9-5-12)34-23(24)31)19(25(17)20(18)28)22(30)35-21(29)13-2-6-14(7-3-13)26(32)33/h2-9,11,17-18,27H,10H2,1H3,(H2,24,31)/t11-,17-,18-/m1/s1. The van der Waals surface area contributed by atoms with Crippen LogP contribution in [-0.4, -0.2) is 51.0 Å². The Hall–Kier alpha value is -4.58. The molecular weight excluding hydrogens is 462 g/mol. The number of amides is 2. The van der Waals surface area contributed by atoms with Crippen LogP contribution in [0.25, 0.3) is 5.57 Å². The van der Waals surface area contributed by atoms with Crippen molar-refractivity contribution < 1.29 is 38.7 Å². The van der Waals surface area contributed by atoms with Crippen molar-refractivity contribution in [1.82, 2.24) is 4.90 Å². The first-order valence-corrected chi connectivity index (χ1v) is 10.4. The minimum Gasteiger partial charge on any atom is -0.411 e. The normalized spacial score (nSPS) is 19.5. The molecule has 35 heavy (non-hydrogen) atoms. The molecule has 3 atom stereocenters. The topological polar surface area (TPSA) is 179 Å². The highest BCUT2D eigenvalue weighted by atomic mass is 16.6. The summed E-state index contributed by atoms with van der Waals surface area (Å²) < 4.78 is 9.80. The number of primary amides is 1. The Labute approximate surface area is 197 Å². The number of hydrogen-bond donors (Lipinski definition) is 2. The average molecular weight is 481 g/mol. The van der Waals surface area contributed by atoms with E-state index >= 15 is 0 Å². The van der Waals surface area contributed by atoms with Crippen LogP contribution in [0.3, 0.4) is 0 Å². The second-order valence-corrected chi connectivity index (χ2v) is 8.00. The summed E-state index contributed by atoms with van der Waals surface area (Å²) in [5.74, 6) is -3.17. The molecule has 3 N–H and O–H groups in total. The van der Waals surface area contributed by atoms with E-state index in [1.165, 1.54) is 24.0 Å². The largest absolute Gasteiger partial charge is 0.411 e. The molecule has 180 valence electrons. The van der Waals surface area contributed by atoms with Gasteiger partial charge in [-0.05, 0) is 48.7 Å². The summed E-state index contributed by atoms with van der Waals surface area (Å²) in [6, 6.07) is 9.98. The fourth-order valence-electron chi connectivity index (χ4n) is 4.27. The van der Waals surface area contributed by atoms with Crippen LogP contribution in [0.5, 0.6) is 5.75 Å². The summed E-state index contributed by atoms with van der Waals surface area (Å²) in [5.41, 5.74) is 5.43. The summed E-state index contributed by atoms with van der Waals surface area (Å²) in [6.45, 7) is 1.48. The Balaban J connectivity index is 1.64. The van der Waals surface area contributed by atoms with Crippen LogP contribution in [-0.2, 0) is 14.3 Å². The van der Waals surface area contributed by atoms with Crippen molar-refractivity contribution in [3.8, 4) is 5.75 Å². The third-order valence-electron chi connectivity index (χ3n) is 5.84. The molecule has 2 aliphatic rings. The number of aliphatic hydroxyl groups is 1. The van der Waals surface area contributed by atoms with E-state index in [9.17, 15) is 34.4 Å². The van der Waals surface area contributed by atoms with E-state index in [-0.39, 0.29) is 29.1 Å². The van der Waals surface area contributed by atoms with Crippen LogP contribution >= 0.6 is 0 Å². The van der Waals surface area contributed by atoms with E-state index in [2.05, 4.69) is 0 Å². The van der Waals surface area contributed by atoms with Gasteiger partial charge in [0.1, 0.15) is 11.4 Å². The lowest BCUT2D eigenvalue weighted by atomic mass is 9.82. The molecule has 0 aliphatic carbocycles. The van der Waals surface area contributed by atoms with E-state index in [1.807, 2.05) is 0 Å². The van der Waals surface area contributed by atoms with Gasteiger partial charge in [0.25, 0.3) is 5.69 Å². The number of hydrogen-bond acceptors (Lipinski definition) is 9. The van der Waals surface area contributed by atoms with E-state index in [1.54, 1.807) is 12.1 Å². The third kappa shape index (κ3) is 4.34. The van der Waals surface area contributed by atoms with E-state index < -0.39 is 46.9 Å². The number of aliphatic hydroxyl groups excluding tert-OH is 1. The molecule has 1 fully saturated rings. The maximum absolute atomic E-state index is 13.1. The average Bonchev–Trinajstić information content (AvgIpc) is 3.14. The number of nitrogens with zero attached hydrogens (tertiary/aromatic N) is 2. The molecule has 0 aromatic heterocycles. The van der Waals surface area contributed by atoms with Crippen LogP contribution in [0.1, 0.15) is 29.3 Å². The van der Waals surface area contributed by atoms with Crippen molar-refractivity contribution in [2.75, 3.05) is 0 Å². The van der Waals surface area contributed by atoms with Crippen LogP contribution < -0.4 is 10.5 Å². The highest BCUT2D eigenvalue weighted by Gasteiger charge is 2.57. The van der Waals surface area contributed by atoms with Gasteiger partial charge in [0.05, 0.1) is 28.6 Å². The fourth-order valence-corrected chi connectivity index (χ4v) is 4.27. The van der Waals surface area contributed by atoms with Gasteiger partial charge >= 0.3 is 18.0 Å². The lowest BCUT2D eigenvalue weighted by Gasteiger charge is -2.44. The Morgan fingerprint density at radius 2 is 1.74 bits per heavy atom. The van der Waals surface area contributed by atoms with Crippen LogP contribution in [0, 0.1) is 16.0 Å². The minimum atomic E-state index is -1.08. The SMILES string of the molecule is C[C@@H](O)[C@H]1C(=O)N2C(C(=O)OC(=O)c3ccc([N+](=O)[O-])cc3)=C(c3ccc(OC(N)=O)cc3)C[C@H]12. The lowest BCUT2D eigenvalue weighted by molar-refractivity contribution is -0.384. The quantitative estimate of drug-likeness (QED) is 0.204. The van der Waals surface area contributed by atoms with Crippen molar-refractivity contribution >= 4 is 35.2 Å². The molecule has 12 nitrogen and oxygen atoms in total. The number of nitrogens with two attached hydrogens (primary N) is 1. The fraction of sp³-hybridized carbons (Fsp3) is 0.217. The Bertz CT molecular complexity index is 1270. The first-order valence-electron chi connectivity index (χ1n) is 10.4. The number of rotatable bonds is 6. The highest BCUT2D eigenvalue weighted by Crippen LogP contribution is 2.47. The number of nitro groups is 1. The van der Waals surface area contributed by atoms with E-state index in [0.29, 0.717) is 11.1 Å². The monoisotopic (exact) mass is 481 g/mol. The molecule has 0 unspecified atom stereocenters. The molecule has 0 spiro atoms. The third-order valence-corrected chi connectivity index (χ3v) is 5.84. The summed E-state index contributed by atoms with van der Waals surface area (Å²) in [4.78, 5) is 60.6. The Kier molecular flexibility index (Phi) is 6.05. The summed E-state index contributed by atoms with van der Waals surface area (Å²) in [5, 5.41) is 20.8. The van der Waals surface area contributed by atoms with Crippen molar-refractivity contribution in [2.45, 2.75) is 25.5 Å². The number of carbonyl (C=O) groups excluding carboxylic acids is 4. The van der Waals surface area contributed by atoms with Gasteiger partial charge in [0, 0.05) is 12.1 Å². The molecule has 2 heterocycles. The number of nitro benzene ring substituents is 1. The van der Waals surface area contributed by atoms with Gasteiger partial charge in [0.2, 0.25) is 5.91 Å². The molecule has 2 aliphatic heterocycles. The van der Waals surface area contributed by atoms with Gasteiger partial charge in [-0.1, -0.05) is 12.1 Å². The first kappa shape index (κ1) is 23.6. The molecular formula is C23H19N3O9. The zero-order chi connectivity index (χ0) is 25.4. The summed E-state index contributed by atoms with van der Waals surface area (Å²) in [7, 11) is 0. The molecule has 1 saturated heterocycles. The van der Waals surface area contributed by atoms with Crippen LogP contribution in [0.2, 0.25) is 0 Å². The number of ether oxygens (including phenoxy) is 2. The predicted octanol–water partition coefficient (Wildman–Crippen LogP) is 1.76. The van der Waals surface area contributed by atoms with Crippen molar-refractivity contribution in [3.63, 3.8) is 0 Å². The molecule has 4 rings (SSSR count). The first-order chi connectivity index (χ1) is 16.6. The minimum absolute atomic E-state index is 0.0922. The summed E-state index contributed by atoms with van der Waals surface area (Å²) in [6.07, 6.45) is -1.73. The maximum atomic E-state index is 13.1. The lowest BCUT2D eigenvalue weighted by Crippen LogP contribution is -2.61. The second-order valence-electron chi connectivity index (χ2n) is 8.00. The number of non-ortho nitro benzene ring substituents is 1. The van der Waals surface area contributed by atoms with Crippen molar-refractivity contribution in [3.05, 3.63) is 75.5 Å². The van der Waals surface area contributed by atoms with Gasteiger partial charge in [0.15, 0.2) is 0 Å². The molecule has 2 amide bonds. The Morgan fingerprint density at radius 3 is 2.29 bits per heavy atom. The summed E-state index contributed by atoms with van der Waals surface area (Å²) >= 11 is 0.